The molecule has 1 heteroatoms. The van der Waals surface area contributed by atoms with Gasteiger partial charge in [-0.2, -0.15) is 0 Å². The molecule has 1 nitrogen and oxygen atoms in total. The Bertz CT molecular complexity index is 162. The van der Waals surface area contributed by atoms with Crippen molar-refractivity contribution in [2.24, 2.45) is 17.3 Å². The molecule has 70 valence electrons. The van der Waals surface area contributed by atoms with Gasteiger partial charge in [0.2, 0.25) is 0 Å². The predicted octanol–water partition coefficient (Wildman–Crippen LogP) is 3.04. The highest BCUT2D eigenvalue weighted by Crippen LogP contribution is 2.45. The van der Waals surface area contributed by atoms with E-state index in [4.69, 9.17) is 0 Å². The lowest BCUT2D eigenvalue weighted by atomic mass is 9.74. The van der Waals surface area contributed by atoms with Gasteiger partial charge in [0.05, 0.1) is 0 Å². The molecule has 1 fully saturated rings. The molecule has 0 aliphatic heterocycles. The number of aldehydes is 1. The lowest BCUT2D eigenvalue weighted by Crippen LogP contribution is -2.27. The van der Waals surface area contributed by atoms with Crippen LogP contribution in [0.25, 0.3) is 0 Å². The molecule has 0 radical (unpaired) electrons. The Morgan fingerprint density at radius 3 is 2.58 bits per heavy atom. The second-order valence-electron chi connectivity index (χ2n) is 4.74. The molecule has 0 N–H and O–H groups in total. The topological polar surface area (TPSA) is 17.1 Å². The Morgan fingerprint density at radius 2 is 2.25 bits per heavy atom. The van der Waals surface area contributed by atoms with Crippen LogP contribution in [0.1, 0.15) is 46.5 Å². The molecule has 12 heavy (non-hydrogen) atoms. The molecule has 1 aliphatic rings. The van der Waals surface area contributed by atoms with Gasteiger partial charge in [0.15, 0.2) is 0 Å². The zero-order chi connectivity index (χ0) is 9.19. The van der Waals surface area contributed by atoms with Crippen molar-refractivity contribution in [2.45, 2.75) is 46.5 Å². The van der Waals surface area contributed by atoms with E-state index in [2.05, 4.69) is 20.8 Å². The Hall–Kier alpha value is -0.330. The fraction of sp³-hybridized carbons (Fsp3) is 0.909. The van der Waals surface area contributed by atoms with Gasteiger partial charge < -0.3 is 4.79 Å². The molecule has 2 atom stereocenters. The highest BCUT2D eigenvalue weighted by molar-refractivity contribution is 5.60. The van der Waals surface area contributed by atoms with Crippen LogP contribution in [0.2, 0.25) is 0 Å². The number of carbonyl (C=O) groups excluding carboxylic acids is 1. The summed E-state index contributed by atoms with van der Waals surface area (Å²) in [5, 5.41) is 0. The van der Waals surface area contributed by atoms with E-state index in [-0.39, 0.29) is 5.41 Å². The standard InChI is InChI=1S/C11H20O/c1-9(2)7-11(8-12)6-4-5-10(11)3/h8-10H,4-7H2,1-3H3. The third-order valence-corrected chi connectivity index (χ3v) is 3.28. The number of hydrogen-bond acceptors (Lipinski definition) is 1. The van der Waals surface area contributed by atoms with Crippen LogP contribution in [-0.2, 0) is 4.79 Å². The quantitative estimate of drug-likeness (QED) is 0.592. The summed E-state index contributed by atoms with van der Waals surface area (Å²) in [6, 6.07) is 0. The van der Waals surface area contributed by atoms with Crippen molar-refractivity contribution in [3.05, 3.63) is 0 Å². The first-order valence-electron chi connectivity index (χ1n) is 5.07. The lowest BCUT2D eigenvalue weighted by Gasteiger charge is -2.29. The van der Waals surface area contributed by atoms with Gasteiger partial charge in [-0.1, -0.05) is 27.2 Å². The van der Waals surface area contributed by atoms with E-state index in [1.54, 1.807) is 0 Å². The van der Waals surface area contributed by atoms with Crippen molar-refractivity contribution in [2.75, 3.05) is 0 Å². The monoisotopic (exact) mass is 168 g/mol. The molecular formula is C11H20O. The maximum atomic E-state index is 11.1. The zero-order valence-electron chi connectivity index (χ0n) is 8.47. The maximum absolute atomic E-state index is 11.1. The van der Waals surface area contributed by atoms with Crippen LogP contribution >= 0.6 is 0 Å². The van der Waals surface area contributed by atoms with Crippen LogP contribution < -0.4 is 0 Å². The van der Waals surface area contributed by atoms with Crippen molar-refractivity contribution < 1.29 is 4.79 Å². The Morgan fingerprint density at radius 1 is 1.58 bits per heavy atom. The number of hydrogen-bond donors (Lipinski definition) is 0. The first kappa shape index (κ1) is 9.76. The SMILES string of the molecule is CC(C)CC1(C=O)CCCC1C. The minimum atomic E-state index is 0.0359. The van der Waals surface area contributed by atoms with Gasteiger partial charge in [-0.3, -0.25) is 0 Å². The second-order valence-corrected chi connectivity index (χ2v) is 4.74. The summed E-state index contributed by atoms with van der Waals surface area (Å²) >= 11 is 0. The first-order chi connectivity index (χ1) is 5.60. The predicted molar refractivity (Wildman–Crippen MR) is 51.0 cm³/mol. The molecule has 0 aromatic heterocycles. The third-order valence-electron chi connectivity index (χ3n) is 3.28. The molecular weight excluding hydrogens is 148 g/mol. The fourth-order valence-electron chi connectivity index (χ4n) is 2.56. The van der Waals surface area contributed by atoms with Gasteiger partial charge >= 0.3 is 0 Å². The number of rotatable bonds is 3. The highest BCUT2D eigenvalue weighted by atomic mass is 16.1. The molecule has 0 spiro atoms. The van der Waals surface area contributed by atoms with Gasteiger partial charge in [0, 0.05) is 5.41 Å². The summed E-state index contributed by atoms with van der Waals surface area (Å²) in [6.45, 7) is 6.64. The summed E-state index contributed by atoms with van der Waals surface area (Å²) in [5.41, 5.74) is 0.0359. The van der Waals surface area contributed by atoms with E-state index < -0.39 is 0 Å². The summed E-state index contributed by atoms with van der Waals surface area (Å²) in [4.78, 5) is 11.1. The van der Waals surface area contributed by atoms with Crippen molar-refractivity contribution in [3.63, 3.8) is 0 Å². The average Bonchev–Trinajstić information content (AvgIpc) is 2.32. The van der Waals surface area contributed by atoms with Crippen LogP contribution in [0.3, 0.4) is 0 Å². The Balaban J connectivity index is 2.67. The van der Waals surface area contributed by atoms with E-state index in [0.717, 1.165) is 12.8 Å². The van der Waals surface area contributed by atoms with E-state index >= 15 is 0 Å². The average molecular weight is 168 g/mol. The van der Waals surface area contributed by atoms with Crippen molar-refractivity contribution >= 4 is 6.29 Å². The minimum Gasteiger partial charge on any atom is -0.303 e. The minimum absolute atomic E-state index is 0.0359. The normalized spacial score (nSPS) is 35.8. The molecule has 0 bridgehead atoms. The number of carbonyl (C=O) groups is 1. The van der Waals surface area contributed by atoms with Gasteiger partial charge in [-0.05, 0) is 31.1 Å². The van der Waals surface area contributed by atoms with Gasteiger partial charge in [-0.25, -0.2) is 0 Å². The van der Waals surface area contributed by atoms with Crippen molar-refractivity contribution in [1.82, 2.24) is 0 Å². The van der Waals surface area contributed by atoms with Gasteiger partial charge in [-0.15, -0.1) is 0 Å². The molecule has 1 saturated carbocycles. The largest absolute Gasteiger partial charge is 0.303 e. The lowest BCUT2D eigenvalue weighted by molar-refractivity contribution is -0.118. The van der Waals surface area contributed by atoms with Crippen LogP contribution in [0.15, 0.2) is 0 Å². The third kappa shape index (κ3) is 1.70. The Labute approximate surface area is 75.5 Å². The van der Waals surface area contributed by atoms with E-state index in [9.17, 15) is 4.79 Å². The molecule has 2 unspecified atom stereocenters. The summed E-state index contributed by atoms with van der Waals surface area (Å²) < 4.78 is 0. The fourth-order valence-corrected chi connectivity index (χ4v) is 2.56. The van der Waals surface area contributed by atoms with Crippen molar-refractivity contribution in [1.29, 1.82) is 0 Å². The molecule has 1 aliphatic carbocycles. The molecule has 0 heterocycles. The van der Waals surface area contributed by atoms with E-state index in [0.29, 0.717) is 11.8 Å². The summed E-state index contributed by atoms with van der Waals surface area (Å²) in [7, 11) is 0. The maximum Gasteiger partial charge on any atom is 0.126 e. The van der Waals surface area contributed by atoms with Gasteiger partial charge in [0.1, 0.15) is 6.29 Å². The zero-order valence-corrected chi connectivity index (χ0v) is 8.47. The van der Waals surface area contributed by atoms with Crippen LogP contribution in [0.4, 0.5) is 0 Å². The Kier molecular flexibility index (Phi) is 2.92. The first-order valence-corrected chi connectivity index (χ1v) is 5.07. The van der Waals surface area contributed by atoms with Crippen molar-refractivity contribution in [3.8, 4) is 0 Å². The van der Waals surface area contributed by atoms with Gasteiger partial charge in [0.25, 0.3) is 0 Å². The molecule has 0 saturated heterocycles. The van der Waals surface area contributed by atoms with Crippen LogP contribution in [0, 0.1) is 17.3 Å². The molecule has 0 aromatic rings. The molecule has 0 aromatic carbocycles. The van der Waals surface area contributed by atoms with Crippen LogP contribution in [-0.4, -0.2) is 6.29 Å². The smallest absolute Gasteiger partial charge is 0.126 e. The summed E-state index contributed by atoms with van der Waals surface area (Å²) in [5.74, 6) is 1.26. The second kappa shape index (κ2) is 3.59. The van der Waals surface area contributed by atoms with E-state index in [1.165, 1.54) is 19.1 Å². The molecule has 1 rings (SSSR count). The van der Waals surface area contributed by atoms with E-state index in [1.807, 2.05) is 0 Å². The van der Waals surface area contributed by atoms with Crippen LogP contribution in [0.5, 0.6) is 0 Å². The highest BCUT2D eigenvalue weighted by Gasteiger charge is 2.40. The molecule has 0 amide bonds. The summed E-state index contributed by atoms with van der Waals surface area (Å²) in [6.07, 6.45) is 5.91.